The molecule has 0 aromatic heterocycles. The van der Waals surface area contributed by atoms with E-state index in [1.165, 1.54) is 24.3 Å². The Morgan fingerprint density at radius 1 is 1.00 bits per heavy atom. The summed E-state index contributed by atoms with van der Waals surface area (Å²) in [6.07, 6.45) is -4.56. The second kappa shape index (κ2) is 5.81. The summed E-state index contributed by atoms with van der Waals surface area (Å²) in [7, 11) is 0. The predicted molar refractivity (Wildman–Crippen MR) is 68.4 cm³/mol. The first-order valence-electron chi connectivity index (χ1n) is 6.14. The predicted octanol–water partition coefficient (Wildman–Crippen LogP) is 4.23. The standard InChI is InChI=1S/C15H12F5N/c16-12-6-2-4-10(14(12)17)8-13(21)9-3-1-5-11(7-9)15(18,19)20/h1-7,13H,8,21H2. The number of rotatable bonds is 3. The SMILES string of the molecule is NC(Cc1cccc(F)c1F)c1cccc(C(F)(F)F)c1. The quantitative estimate of drug-likeness (QED) is 0.844. The molecule has 0 heterocycles. The Morgan fingerprint density at radius 2 is 1.67 bits per heavy atom. The van der Waals surface area contributed by atoms with E-state index >= 15 is 0 Å². The molecule has 0 bridgehead atoms. The Morgan fingerprint density at radius 3 is 2.33 bits per heavy atom. The van der Waals surface area contributed by atoms with Crippen molar-refractivity contribution in [1.82, 2.24) is 0 Å². The van der Waals surface area contributed by atoms with E-state index in [2.05, 4.69) is 0 Å². The lowest BCUT2D eigenvalue weighted by atomic mass is 9.97. The molecule has 2 rings (SSSR count). The number of alkyl halides is 3. The van der Waals surface area contributed by atoms with Crippen molar-refractivity contribution < 1.29 is 22.0 Å². The Bertz CT molecular complexity index is 636. The van der Waals surface area contributed by atoms with E-state index in [-0.39, 0.29) is 17.5 Å². The van der Waals surface area contributed by atoms with Crippen LogP contribution in [-0.4, -0.2) is 0 Å². The molecule has 0 aliphatic carbocycles. The molecule has 21 heavy (non-hydrogen) atoms. The summed E-state index contributed by atoms with van der Waals surface area (Å²) in [4.78, 5) is 0. The number of hydrogen-bond acceptors (Lipinski definition) is 1. The van der Waals surface area contributed by atoms with Crippen molar-refractivity contribution in [3.8, 4) is 0 Å². The van der Waals surface area contributed by atoms with Gasteiger partial charge in [0.05, 0.1) is 5.56 Å². The highest BCUT2D eigenvalue weighted by atomic mass is 19.4. The molecule has 1 atom stereocenters. The molecule has 0 saturated heterocycles. The van der Waals surface area contributed by atoms with Crippen LogP contribution in [0.5, 0.6) is 0 Å². The fourth-order valence-corrected chi connectivity index (χ4v) is 2.01. The van der Waals surface area contributed by atoms with Crippen LogP contribution >= 0.6 is 0 Å². The minimum atomic E-state index is -4.47. The molecule has 0 spiro atoms. The Labute approximate surface area is 118 Å². The van der Waals surface area contributed by atoms with Gasteiger partial charge in [-0.3, -0.25) is 0 Å². The lowest BCUT2D eigenvalue weighted by Crippen LogP contribution is -2.16. The van der Waals surface area contributed by atoms with Gasteiger partial charge in [-0.15, -0.1) is 0 Å². The van der Waals surface area contributed by atoms with Gasteiger partial charge in [-0.2, -0.15) is 13.2 Å². The second-order valence-corrected chi connectivity index (χ2v) is 4.65. The van der Waals surface area contributed by atoms with Crippen LogP contribution in [0.3, 0.4) is 0 Å². The van der Waals surface area contributed by atoms with Crippen molar-refractivity contribution >= 4 is 0 Å². The van der Waals surface area contributed by atoms with Gasteiger partial charge in [0, 0.05) is 6.04 Å². The van der Waals surface area contributed by atoms with E-state index in [1.807, 2.05) is 0 Å². The summed E-state index contributed by atoms with van der Waals surface area (Å²) in [5, 5.41) is 0. The van der Waals surface area contributed by atoms with Crippen molar-refractivity contribution in [2.75, 3.05) is 0 Å². The Hall–Kier alpha value is -1.95. The molecule has 0 fully saturated rings. The van der Waals surface area contributed by atoms with Gasteiger partial charge >= 0.3 is 6.18 Å². The molecule has 0 amide bonds. The minimum absolute atomic E-state index is 0.0277. The van der Waals surface area contributed by atoms with Gasteiger partial charge in [0.15, 0.2) is 11.6 Å². The van der Waals surface area contributed by atoms with Gasteiger partial charge in [0.25, 0.3) is 0 Å². The zero-order valence-corrected chi connectivity index (χ0v) is 10.8. The van der Waals surface area contributed by atoms with Crippen LogP contribution in [-0.2, 0) is 12.6 Å². The fourth-order valence-electron chi connectivity index (χ4n) is 2.01. The minimum Gasteiger partial charge on any atom is -0.324 e. The van der Waals surface area contributed by atoms with Crippen molar-refractivity contribution in [2.24, 2.45) is 5.73 Å². The van der Waals surface area contributed by atoms with Crippen molar-refractivity contribution in [1.29, 1.82) is 0 Å². The molecule has 6 heteroatoms. The van der Waals surface area contributed by atoms with Crippen LogP contribution in [0.15, 0.2) is 42.5 Å². The van der Waals surface area contributed by atoms with E-state index in [0.717, 1.165) is 18.2 Å². The zero-order valence-electron chi connectivity index (χ0n) is 10.8. The van der Waals surface area contributed by atoms with E-state index in [9.17, 15) is 22.0 Å². The first kappa shape index (κ1) is 15.4. The van der Waals surface area contributed by atoms with Crippen LogP contribution in [0.4, 0.5) is 22.0 Å². The van der Waals surface area contributed by atoms with Gasteiger partial charge in [0.1, 0.15) is 0 Å². The molecule has 0 aliphatic rings. The molecule has 1 unspecified atom stereocenters. The first-order chi connectivity index (χ1) is 9.79. The van der Waals surface area contributed by atoms with Gasteiger partial charge in [-0.1, -0.05) is 24.3 Å². The topological polar surface area (TPSA) is 26.0 Å². The molecular weight excluding hydrogens is 289 g/mol. The maximum Gasteiger partial charge on any atom is 0.416 e. The monoisotopic (exact) mass is 301 g/mol. The Kier molecular flexibility index (Phi) is 4.27. The number of nitrogens with two attached hydrogens (primary N) is 1. The molecule has 2 N–H and O–H groups in total. The summed E-state index contributed by atoms with van der Waals surface area (Å²) >= 11 is 0. The molecule has 2 aromatic carbocycles. The van der Waals surface area contributed by atoms with Crippen LogP contribution in [0, 0.1) is 11.6 Å². The summed E-state index contributed by atoms with van der Waals surface area (Å²) in [6.45, 7) is 0. The highest BCUT2D eigenvalue weighted by molar-refractivity contribution is 5.30. The van der Waals surface area contributed by atoms with Crippen molar-refractivity contribution in [2.45, 2.75) is 18.6 Å². The van der Waals surface area contributed by atoms with E-state index in [1.54, 1.807) is 0 Å². The number of hydrogen-bond donors (Lipinski definition) is 1. The smallest absolute Gasteiger partial charge is 0.324 e. The normalized spacial score (nSPS) is 13.2. The molecule has 0 radical (unpaired) electrons. The van der Waals surface area contributed by atoms with E-state index < -0.39 is 29.4 Å². The van der Waals surface area contributed by atoms with Crippen molar-refractivity contribution in [3.63, 3.8) is 0 Å². The van der Waals surface area contributed by atoms with Crippen LogP contribution < -0.4 is 5.73 Å². The van der Waals surface area contributed by atoms with Gasteiger partial charge in [-0.25, -0.2) is 8.78 Å². The van der Waals surface area contributed by atoms with Crippen LogP contribution in [0.1, 0.15) is 22.7 Å². The summed E-state index contributed by atoms with van der Waals surface area (Å²) in [6, 6.07) is 7.30. The highest BCUT2D eigenvalue weighted by Gasteiger charge is 2.30. The molecule has 1 nitrogen and oxygen atoms in total. The van der Waals surface area contributed by atoms with Crippen molar-refractivity contribution in [3.05, 3.63) is 70.8 Å². The highest BCUT2D eigenvalue weighted by Crippen LogP contribution is 2.31. The summed E-state index contributed by atoms with van der Waals surface area (Å²) in [5.41, 5.74) is 5.22. The maximum absolute atomic E-state index is 13.5. The molecule has 0 saturated carbocycles. The third-order valence-corrected chi connectivity index (χ3v) is 3.11. The zero-order chi connectivity index (χ0) is 15.6. The molecular formula is C15H12F5N. The molecule has 112 valence electrons. The third kappa shape index (κ3) is 3.58. The number of halogens is 5. The summed E-state index contributed by atoms with van der Waals surface area (Å²) in [5.74, 6) is -2.04. The lowest BCUT2D eigenvalue weighted by molar-refractivity contribution is -0.137. The van der Waals surface area contributed by atoms with Gasteiger partial charge in [0.2, 0.25) is 0 Å². The van der Waals surface area contributed by atoms with E-state index in [4.69, 9.17) is 5.73 Å². The lowest BCUT2D eigenvalue weighted by Gasteiger charge is -2.15. The molecule has 2 aromatic rings. The average Bonchev–Trinajstić information content (AvgIpc) is 2.43. The largest absolute Gasteiger partial charge is 0.416 e. The Balaban J connectivity index is 2.25. The van der Waals surface area contributed by atoms with Gasteiger partial charge in [-0.05, 0) is 35.7 Å². The second-order valence-electron chi connectivity index (χ2n) is 4.65. The van der Waals surface area contributed by atoms with Crippen LogP contribution in [0.25, 0.3) is 0 Å². The summed E-state index contributed by atoms with van der Waals surface area (Å²) < 4.78 is 64.5. The maximum atomic E-state index is 13.5. The third-order valence-electron chi connectivity index (χ3n) is 3.11. The number of benzene rings is 2. The first-order valence-corrected chi connectivity index (χ1v) is 6.14. The fraction of sp³-hybridized carbons (Fsp3) is 0.200. The average molecular weight is 301 g/mol. The van der Waals surface area contributed by atoms with Gasteiger partial charge < -0.3 is 5.73 Å². The van der Waals surface area contributed by atoms with Crippen LogP contribution in [0.2, 0.25) is 0 Å². The molecule has 0 aliphatic heterocycles. The van der Waals surface area contributed by atoms with E-state index in [0.29, 0.717) is 0 Å².